The smallest absolute Gasteiger partial charge is 0.331 e. The Kier molecular flexibility index (Phi) is 5.42. The third kappa shape index (κ3) is 4.24. The van der Waals surface area contributed by atoms with Gasteiger partial charge in [0.25, 0.3) is 0 Å². The van der Waals surface area contributed by atoms with E-state index in [-0.39, 0.29) is 24.3 Å². The highest BCUT2D eigenvalue weighted by molar-refractivity contribution is 5.87. The van der Waals surface area contributed by atoms with Gasteiger partial charge in [0.2, 0.25) is 0 Å². The van der Waals surface area contributed by atoms with E-state index in [1.54, 1.807) is 0 Å². The molecule has 0 radical (unpaired) electrons. The molecular weight excluding hydrogens is 320 g/mol. The second-order valence-electron chi connectivity index (χ2n) is 5.62. The van der Waals surface area contributed by atoms with Crippen molar-refractivity contribution in [1.82, 2.24) is 0 Å². The Bertz CT molecular complexity index is 653. The number of carbonyl (C=O) groups excluding carboxylic acids is 1. The maximum Gasteiger partial charge on any atom is 0.331 e. The molecule has 1 aromatic carbocycles. The van der Waals surface area contributed by atoms with E-state index in [4.69, 9.17) is 9.84 Å². The van der Waals surface area contributed by atoms with Crippen LogP contribution in [0.5, 0.6) is 11.5 Å². The number of carboxylic acid groups (broad SMARTS) is 1. The number of aliphatic hydroxyl groups is 2. The van der Waals surface area contributed by atoms with E-state index in [1.165, 1.54) is 24.3 Å². The van der Waals surface area contributed by atoms with Crippen LogP contribution in [0.1, 0.15) is 18.4 Å². The summed E-state index contributed by atoms with van der Waals surface area (Å²) < 4.78 is 5.02. The van der Waals surface area contributed by atoms with Crippen molar-refractivity contribution in [1.29, 1.82) is 0 Å². The number of phenols is 2. The number of rotatable bonds is 4. The zero-order valence-corrected chi connectivity index (χ0v) is 12.6. The molecule has 2 rings (SSSR count). The highest BCUT2D eigenvalue weighted by Gasteiger charge is 2.40. The lowest BCUT2D eigenvalue weighted by Crippen LogP contribution is -2.48. The van der Waals surface area contributed by atoms with E-state index in [1.807, 2.05) is 0 Å². The number of aromatic hydroxyl groups is 2. The Morgan fingerprint density at radius 2 is 1.83 bits per heavy atom. The number of phenolic OH excluding ortho intramolecular Hbond substituents is 2. The van der Waals surface area contributed by atoms with Gasteiger partial charge in [-0.3, -0.25) is 4.79 Å². The van der Waals surface area contributed by atoms with Crippen molar-refractivity contribution in [3.63, 3.8) is 0 Å². The van der Waals surface area contributed by atoms with Crippen LogP contribution in [0.2, 0.25) is 0 Å². The van der Waals surface area contributed by atoms with E-state index in [0.29, 0.717) is 5.56 Å². The summed E-state index contributed by atoms with van der Waals surface area (Å²) >= 11 is 0. The maximum absolute atomic E-state index is 11.8. The van der Waals surface area contributed by atoms with Crippen LogP contribution in [0.15, 0.2) is 24.3 Å². The number of carboxylic acids is 1. The van der Waals surface area contributed by atoms with Crippen molar-refractivity contribution >= 4 is 18.0 Å². The van der Waals surface area contributed by atoms with Crippen LogP contribution < -0.4 is 0 Å². The van der Waals surface area contributed by atoms with Crippen molar-refractivity contribution in [3.05, 3.63) is 29.8 Å². The molecule has 1 saturated carbocycles. The van der Waals surface area contributed by atoms with Crippen LogP contribution in [0.25, 0.3) is 6.08 Å². The summed E-state index contributed by atoms with van der Waals surface area (Å²) in [6, 6.07) is 3.94. The molecule has 0 spiro atoms. The second kappa shape index (κ2) is 7.33. The number of hydrogen-bond acceptors (Lipinski definition) is 7. The van der Waals surface area contributed by atoms with Gasteiger partial charge in [0.1, 0.15) is 12.2 Å². The fourth-order valence-electron chi connectivity index (χ4n) is 2.51. The number of ether oxygens (including phenoxy) is 1. The quantitative estimate of drug-likeness (QED) is 0.298. The molecule has 1 fully saturated rings. The molecule has 4 atom stereocenters. The Balaban J connectivity index is 2.00. The Labute approximate surface area is 137 Å². The van der Waals surface area contributed by atoms with Crippen molar-refractivity contribution in [3.8, 4) is 11.5 Å². The van der Waals surface area contributed by atoms with Crippen LogP contribution in [-0.2, 0) is 14.3 Å². The average Bonchev–Trinajstić information content (AvgIpc) is 2.52. The molecule has 8 heteroatoms. The van der Waals surface area contributed by atoms with Crippen LogP contribution in [-0.4, -0.2) is 55.8 Å². The highest BCUT2D eigenvalue weighted by Crippen LogP contribution is 2.28. The molecule has 2 unspecified atom stereocenters. The average molecular weight is 338 g/mol. The van der Waals surface area contributed by atoms with Gasteiger partial charge in [-0.05, 0) is 30.2 Å². The van der Waals surface area contributed by atoms with Crippen molar-refractivity contribution in [2.45, 2.75) is 31.2 Å². The van der Waals surface area contributed by atoms with Crippen molar-refractivity contribution in [2.75, 3.05) is 0 Å². The molecule has 8 nitrogen and oxygen atoms in total. The Morgan fingerprint density at radius 3 is 2.46 bits per heavy atom. The van der Waals surface area contributed by atoms with Gasteiger partial charge in [-0.2, -0.15) is 0 Å². The summed E-state index contributed by atoms with van der Waals surface area (Å²) in [5.41, 5.74) is 0.426. The minimum atomic E-state index is -1.35. The SMILES string of the molecule is O=C(/C=C/c1ccc(O)c(O)c1)OC1CC(C(=O)O)C[C@@H](O)[C@H]1O. The van der Waals surface area contributed by atoms with Crippen LogP contribution >= 0.6 is 0 Å². The standard InChI is InChI=1S/C16H18O8/c17-10-3-1-8(5-11(10)18)2-4-14(20)24-13-7-9(16(22)23)6-12(19)15(13)21/h1-5,9,12-13,15,17-19,21H,6-7H2,(H,22,23)/b4-2+/t9?,12-,13?,15-/m1/s1. The van der Waals surface area contributed by atoms with Gasteiger partial charge in [-0.1, -0.05) is 6.07 Å². The fourth-order valence-corrected chi connectivity index (χ4v) is 2.51. The Hall–Kier alpha value is -2.58. The summed E-state index contributed by atoms with van der Waals surface area (Å²) in [4.78, 5) is 22.8. The molecule has 0 heterocycles. The van der Waals surface area contributed by atoms with Gasteiger partial charge < -0.3 is 30.3 Å². The molecule has 0 amide bonds. The highest BCUT2D eigenvalue weighted by atomic mass is 16.6. The zero-order chi connectivity index (χ0) is 17.9. The first-order valence-corrected chi connectivity index (χ1v) is 7.27. The van der Waals surface area contributed by atoms with E-state index < -0.39 is 36.2 Å². The largest absolute Gasteiger partial charge is 0.504 e. The lowest BCUT2D eigenvalue weighted by molar-refractivity contribution is -0.169. The number of carbonyl (C=O) groups is 2. The first-order valence-electron chi connectivity index (χ1n) is 7.27. The van der Waals surface area contributed by atoms with Crippen molar-refractivity contribution < 1.29 is 39.9 Å². The van der Waals surface area contributed by atoms with E-state index >= 15 is 0 Å². The molecule has 0 aliphatic heterocycles. The zero-order valence-electron chi connectivity index (χ0n) is 12.6. The van der Waals surface area contributed by atoms with Gasteiger partial charge in [0, 0.05) is 12.5 Å². The number of hydrogen-bond donors (Lipinski definition) is 5. The minimum Gasteiger partial charge on any atom is -0.504 e. The molecule has 130 valence electrons. The third-order valence-electron chi connectivity index (χ3n) is 3.85. The number of aliphatic hydroxyl groups excluding tert-OH is 2. The molecule has 1 aromatic rings. The number of esters is 1. The van der Waals surface area contributed by atoms with Gasteiger partial charge in [-0.15, -0.1) is 0 Å². The first kappa shape index (κ1) is 17.8. The third-order valence-corrected chi connectivity index (χ3v) is 3.85. The van der Waals surface area contributed by atoms with E-state index in [0.717, 1.165) is 6.08 Å². The summed E-state index contributed by atoms with van der Waals surface area (Å²) in [6.07, 6.45) is -1.59. The predicted octanol–water partition coefficient (Wildman–Crippen LogP) is 0.239. The van der Waals surface area contributed by atoms with Gasteiger partial charge in [-0.25, -0.2) is 4.79 Å². The molecule has 24 heavy (non-hydrogen) atoms. The summed E-state index contributed by atoms with van der Waals surface area (Å²) in [5.74, 6) is -3.50. The molecule has 1 aliphatic carbocycles. The Morgan fingerprint density at radius 1 is 1.12 bits per heavy atom. The van der Waals surface area contributed by atoms with Crippen LogP contribution in [0, 0.1) is 5.92 Å². The van der Waals surface area contributed by atoms with Crippen LogP contribution in [0.3, 0.4) is 0 Å². The topological polar surface area (TPSA) is 145 Å². The van der Waals surface area contributed by atoms with Gasteiger partial charge in [0.15, 0.2) is 11.5 Å². The predicted molar refractivity (Wildman–Crippen MR) is 81.1 cm³/mol. The minimum absolute atomic E-state index is 0.0901. The second-order valence-corrected chi connectivity index (χ2v) is 5.62. The monoisotopic (exact) mass is 338 g/mol. The first-order chi connectivity index (χ1) is 11.3. The maximum atomic E-state index is 11.8. The summed E-state index contributed by atoms with van der Waals surface area (Å²) in [7, 11) is 0. The van der Waals surface area contributed by atoms with Crippen LogP contribution in [0.4, 0.5) is 0 Å². The lowest BCUT2D eigenvalue weighted by atomic mass is 9.83. The molecule has 0 bridgehead atoms. The molecule has 0 saturated heterocycles. The fraction of sp³-hybridized carbons (Fsp3) is 0.375. The van der Waals surface area contributed by atoms with Gasteiger partial charge >= 0.3 is 11.9 Å². The molecule has 1 aliphatic rings. The molecule has 5 N–H and O–H groups in total. The summed E-state index contributed by atoms with van der Waals surface area (Å²) in [6.45, 7) is 0. The molecule has 0 aromatic heterocycles. The number of aliphatic carboxylic acids is 1. The van der Waals surface area contributed by atoms with Gasteiger partial charge in [0.05, 0.1) is 12.0 Å². The lowest BCUT2D eigenvalue weighted by Gasteiger charge is -2.34. The van der Waals surface area contributed by atoms with E-state index in [2.05, 4.69) is 0 Å². The summed E-state index contributed by atoms with van der Waals surface area (Å²) in [5, 5.41) is 47.1. The van der Waals surface area contributed by atoms with E-state index in [9.17, 15) is 30.0 Å². The number of benzene rings is 1. The molecular formula is C16H18O8. The van der Waals surface area contributed by atoms with Crippen molar-refractivity contribution in [2.24, 2.45) is 5.92 Å². The normalized spacial score (nSPS) is 27.1.